The van der Waals surface area contributed by atoms with E-state index in [9.17, 15) is 0 Å². The van der Waals surface area contributed by atoms with Gasteiger partial charge in [-0.05, 0) is 48.2 Å². The minimum absolute atomic E-state index is 0.114. The normalized spacial score (nSPS) is 12.4. The summed E-state index contributed by atoms with van der Waals surface area (Å²) in [4.78, 5) is 4.08. The van der Waals surface area contributed by atoms with Crippen molar-refractivity contribution < 1.29 is 0 Å². The first-order valence-electron chi connectivity index (χ1n) is 5.76. The Morgan fingerprint density at radius 1 is 1.22 bits per heavy atom. The highest BCUT2D eigenvalue weighted by atomic mass is 35.5. The molecule has 4 heteroatoms. The number of aromatic nitrogens is 1. The molecule has 0 aliphatic carbocycles. The zero-order valence-electron chi connectivity index (χ0n) is 9.81. The number of rotatable bonds is 4. The summed E-state index contributed by atoms with van der Waals surface area (Å²) in [7, 11) is 0. The molecule has 0 saturated carbocycles. The Balaban J connectivity index is 2.03. The predicted octanol–water partition coefficient (Wildman–Crippen LogP) is 4.02. The van der Waals surface area contributed by atoms with Crippen LogP contribution in [0.3, 0.4) is 0 Å². The first kappa shape index (κ1) is 13.3. The van der Waals surface area contributed by atoms with Crippen molar-refractivity contribution in [1.82, 2.24) is 4.98 Å². The quantitative estimate of drug-likeness (QED) is 0.919. The minimum atomic E-state index is -0.114. The molecule has 2 rings (SSSR count). The highest BCUT2D eigenvalue weighted by Crippen LogP contribution is 2.27. The highest BCUT2D eigenvalue weighted by molar-refractivity contribution is 6.33. The smallest absolute Gasteiger partial charge is 0.0454 e. The SMILES string of the molecule is NC(CCc1cccnc1)c1cc(Cl)ccc1Cl. The molecule has 94 valence electrons. The average molecular weight is 281 g/mol. The molecule has 0 saturated heterocycles. The summed E-state index contributed by atoms with van der Waals surface area (Å²) in [6.07, 6.45) is 5.30. The molecule has 0 bridgehead atoms. The molecule has 0 spiro atoms. The van der Waals surface area contributed by atoms with Gasteiger partial charge in [-0.2, -0.15) is 0 Å². The minimum Gasteiger partial charge on any atom is -0.324 e. The number of halogens is 2. The zero-order chi connectivity index (χ0) is 13.0. The van der Waals surface area contributed by atoms with E-state index < -0.39 is 0 Å². The Kier molecular flexibility index (Phi) is 4.59. The van der Waals surface area contributed by atoms with Gasteiger partial charge in [0.1, 0.15) is 0 Å². The molecule has 0 fully saturated rings. The first-order chi connectivity index (χ1) is 8.66. The molecule has 1 unspecified atom stereocenters. The number of benzene rings is 1. The molecule has 0 amide bonds. The van der Waals surface area contributed by atoms with Gasteiger partial charge in [0, 0.05) is 28.5 Å². The summed E-state index contributed by atoms with van der Waals surface area (Å²) in [6, 6.07) is 9.23. The van der Waals surface area contributed by atoms with E-state index in [2.05, 4.69) is 4.98 Å². The van der Waals surface area contributed by atoms with Crippen molar-refractivity contribution in [2.24, 2.45) is 5.73 Å². The second-order valence-electron chi connectivity index (χ2n) is 4.17. The fourth-order valence-corrected chi connectivity index (χ4v) is 2.26. The molecule has 2 N–H and O–H groups in total. The summed E-state index contributed by atoms with van der Waals surface area (Å²) in [5, 5.41) is 1.32. The van der Waals surface area contributed by atoms with Crippen LogP contribution in [0.1, 0.15) is 23.6 Å². The molecule has 0 aliphatic heterocycles. The first-order valence-corrected chi connectivity index (χ1v) is 6.52. The summed E-state index contributed by atoms with van der Waals surface area (Å²) < 4.78 is 0. The molecule has 1 heterocycles. The number of hydrogen-bond donors (Lipinski definition) is 1. The Morgan fingerprint density at radius 2 is 2.06 bits per heavy atom. The summed E-state index contributed by atoms with van der Waals surface area (Å²) >= 11 is 12.1. The Hall–Kier alpha value is -1.09. The van der Waals surface area contributed by atoms with Gasteiger partial charge in [0.05, 0.1) is 0 Å². The van der Waals surface area contributed by atoms with E-state index in [1.54, 1.807) is 18.3 Å². The van der Waals surface area contributed by atoms with Crippen LogP contribution in [0.15, 0.2) is 42.7 Å². The van der Waals surface area contributed by atoms with Gasteiger partial charge in [-0.25, -0.2) is 0 Å². The van der Waals surface area contributed by atoms with Crippen molar-refractivity contribution >= 4 is 23.2 Å². The molecule has 0 aliphatic rings. The molecule has 1 atom stereocenters. The number of nitrogens with two attached hydrogens (primary N) is 1. The maximum absolute atomic E-state index is 6.15. The van der Waals surface area contributed by atoms with Gasteiger partial charge in [0.2, 0.25) is 0 Å². The summed E-state index contributed by atoms with van der Waals surface area (Å²) in [6.45, 7) is 0. The van der Waals surface area contributed by atoms with Crippen molar-refractivity contribution in [2.45, 2.75) is 18.9 Å². The topological polar surface area (TPSA) is 38.9 Å². The predicted molar refractivity (Wildman–Crippen MR) is 75.9 cm³/mol. The van der Waals surface area contributed by atoms with E-state index in [1.165, 1.54) is 5.56 Å². The van der Waals surface area contributed by atoms with Crippen molar-refractivity contribution in [1.29, 1.82) is 0 Å². The molecule has 2 nitrogen and oxygen atoms in total. The number of nitrogens with zero attached hydrogens (tertiary/aromatic N) is 1. The average Bonchev–Trinajstić information content (AvgIpc) is 2.40. The fourth-order valence-electron chi connectivity index (χ4n) is 1.82. The van der Waals surface area contributed by atoms with Crippen LogP contribution in [0.4, 0.5) is 0 Å². The lowest BCUT2D eigenvalue weighted by Crippen LogP contribution is -2.12. The van der Waals surface area contributed by atoms with Crippen molar-refractivity contribution in [3.05, 3.63) is 63.9 Å². The van der Waals surface area contributed by atoms with E-state index in [-0.39, 0.29) is 6.04 Å². The lowest BCUT2D eigenvalue weighted by Gasteiger charge is -2.14. The van der Waals surface area contributed by atoms with E-state index >= 15 is 0 Å². The molecule has 18 heavy (non-hydrogen) atoms. The Bertz CT molecular complexity index is 514. The molecule has 1 aromatic carbocycles. The third-order valence-electron chi connectivity index (χ3n) is 2.82. The monoisotopic (exact) mass is 280 g/mol. The van der Waals surface area contributed by atoms with Crippen LogP contribution in [0.2, 0.25) is 10.0 Å². The second-order valence-corrected chi connectivity index (χ2v) is 5.02. The molecular weight excluding hydrogens is 267 g/mol. The van der Waals surface area contributed by atoms with Crippen LogP contribution in [0.25, 0.3) is 0 Å². The van der Waals surface area contributed by atoms with E-state index in [0.29, 0.717) is 10.0 Å². The van der Waals surface area contributed by atoms with Gasteiger partial charge in [0.15, 0.2) is 0 Å². The summed E-state index contributed by atoms with van der Waals surface area (Å²) in [5.41, 5.74) is 8.22. The van der Waals surface area contributed by atoms with Gasteiger partial charge in [-0.3, -0.25) is 4.98 Å². The molecule has 1 aromatic heterocycles. The van der Waals surface area contributed by atoms with E-state index in [1.807, 2.05) is 24.4 Å². The third kappa shape index (κ3) is 3.45. The van der Waals surface area contributed by atoms with Gasteiger partial charge >= 0.3 is 0 Å². The van der Waals surface area contributed by atoms with Crippen molar-refractivity contribution in [2.75, 3.05) is 0 Å². The lowest BCUT2D eigenvalue weighted by atomic mass is 10.0. The molecule has 2 aromatic rings. The maximum atomic E-state index is 6.15. The van der Waals surface area contributed by atoms with Crippen LogP contribution < -0.4 is 5.73 Å². The van der Waals surface area contributed by atoms with Crippen LogP contribution in [-0.4, -0.2) is 4.98 Å². The Labute approximate surface area is 117 Å². The summed E-state index contributed by atoms with van der Waals surface area (Å²) in [5.74, 6) is 0. The fraction of sp³-hybridized carbons (Fsp3) is 0.214. The van der Waals surface area contributed by atoms with Crippen molar-refractivity contribution in [3.63, 3.8) is 0 Å². The standard InChI is InChI=1S/C14H14Cl2N2/c15-11-4-5-13(16)12(8-11)14(17)6-3-10-2-1-7-18-9-10/h1-2,4-5,7-9,14H,3,6,17H2. The van der Waals surface area contributed by atoms with Gasteiger partial charge in [-0.15, -0.1) is 0 Å². The van der Waals surface area contributed by atoms with Gasteiger partial charge in [-0.1, -0.05) is 29.3 Å². The third-order valence-corrected chi connectivity index (χ3v) is 3.40. The highest BCUT2D eigenvalue weighted by Gasteiger charge is 2.11. The van der Waals surface area contributed by atoms with Crippen LogP contribution in [-0.2, 0) is 6.42 Å². The van der Waals surface area contributed by atoms with E-state index in [0.717, 1.165) is 18.4 Å². The lowest BCUT2D eigenvalue weighted by molar-refractivity contribution is 0.650. The van der Waals surface area contributed by atoms with Gasteiger partial charge < -0.3 is 5.73 Å². The van der Waals surface area contributed by atoms with Crippen molar-refractivity contribution in [3.8, 4) is 0 Å². The van der Waals surface area contributed by atoms with E-state index in [4.69, 9.17) is 28.9 Å². The largest absolute Gasteiger partial charge is 0.324 e. The molecule has 0 radical (unpaired) electrons. The Morgan fingerprint density at radius 3 is 2.78 bits per heavy atom. The number of aryl methyl sites for hydroxylation is 1. The van der Waals surface area contributed by atoms with Crippen LogP contribution >= 0.6 is 23.2 Å². The van der Waals surface area contributed by atoms with Crippen LogP contribution in [0.5, 0.6) is 0 Å². The van der Waals surface area contributed by atoms with Crippen LogP contribution in [0, 0.1) is 0 Å². The number of pyridine rings is 1. The second kappa shape index (κ2) is 6.19. The zero-order valence-corrected chi connectivity index (χ0v) is 11.3. The number of hydrogen-bond acceptors (Lipinski definition) is 2. The molecular formula is C14H14Cl2N2. The van der Waals surface area contributed by atoms with Gasteiger partial charge in [0.25, 0.3) is 0 Å². The maximum Gasteiger partial charge on any atom is 0.0454 e.